The summed E-state index contributed by atoms with van der Waals surface area (Å²) < 4.78 is 7.04. The summed E-state index contributed by atoms with van der Waals surface area (Å²) in [5.41, 5.74) is 7.13. The van der Waals surface area contributed by atoms with Gasteiger partial charge in [0.2, 0.25) is 0 Å². The van der Waals surface area contributed by atoms with Gasteiger partial charge in [0.25, 0.3) is 0 Å². The highest BCUT2D eigenvalue weighted by Gasteiger charge is 2.25. The third kappa shape index (κ3) is 5.17. The average Bonchev–Trinajstić information content (AvgIpc) is 2.86. The average molecular weight is 536 g/mol. The molecule has 0 aliphatic rings. The van der Waals surface area contributed by atoms with E-state index in [2.05, 4.69) is 129 Å². The van der Waals surface area contributed by atoms with Crippen molar-refractivity contribution in [3.63, 3.8) is 0 Å². The van der Waals surface area contributed by atoms with Crippen LogP contribution in [0, 0.1) is 0 Å². The molecule has 156 valence electrons. The van der Waals surface area contributed by atoms with E-state index >= 15 is 0 Å². The normalized spacial score (nSPS) is 13.0. The van der Waals surface area contributed by atoms with Crippen molar-refractivity contribution in [3.8, 4) is 0 Å². The van der Waals surface area contributed by atoms with Crippen molar-refractivity contribution >= 4 is 31.9 Å². The molecule has 2 unspecified atom stereocenters. The standard InChI is InChI=1S/C28H24Br2O/c29-19-23-15-7-9-17-25(23)27(21-11-3-1-4-12-21)31-28(22-13-5-2-6-14-22)26-18-10-8-16-24(26)20-30/h1-18,27-28H,19-20H2. The minimum atomic E-state index is -0.191. The zero-order valence-corrected chi connectivity index (χ0v) is 20.3. The molecule has 4 rings (SSSR count). The Hall–Kier alpha value is -2.20. The lowest BCUT2D eigenvalue weighted by atomic mass is 9.94. The molecule has 31 heavy (non-hydrogen) atoms. The van der Waals surface area contributed by atoms with E-state index in [0.717, 1.165) is 21.8 Å². The molecule has 4 aromatic rings. The van der Waals surface area contributed by atoms with Gasteiger partial charge in [-0.1, -0.05) is 141 Å². The van der Waals surface area contributed by atoms with Crippen LogP contribution in [0.15, 0.2) is 109 Å². The second-order valence-electron chi connectivity index (χ2n) is 7.38. The largest absolute Gasteiger partial charge is 0.356 e. The lowest BCUT2D eigenvalue weighted by Crippen LogP contribution is -2.15. The molecule has 0 spiro atoms. The summed E-state index contributed by atoms with van der Waals surface area (Å²) in [6, 6.07) is 38.0. The Morgan fingerprint density at radius 2 is 0.839 bits per heavy atom. The van der Waals surface area contributed by atoms with Crippen molar-refractivity contribution in [1.29, 1.82) is 0 Å². The first-order valence-electron chi connectivity index (χ1n) is 10.3. The Kier molecular flexibility index (Phi) is 7.74. The van der Waals surface area contributed by atoms with E-state index < -0.39 is 0 Å². The van der Waals surface area contributed by atoms with Crippen LogP contribution in [0.2, 0.25) is 0 Å². The van der Waals surface area contributed by atoms with Crippen molar-refractivity contribution in [2.24, 2.45) is 0 Å². The highest BCUT2D eigenvalue weighted by atomic mass is 79.9. The molecule has 0 saturated carbocycles. The third-order valence-corrected chi connectivity index (χ3v) is 6.65. The van der Waals surface area contributed by atoms with Crippen LogP contribution < -0.4 is 0 Å². The second-order valence-corrected chi connectivity index (χ2v) is 8.50. The molecular formula is C28H24Br2O. The second kappa shape index (κ2) is 10.9. The van der Waals surface area contributed by atoms with E-state index in [1.54, 1.807) is 0 Å². The van der Waals surface area contributed by atoms with Crippen molar-refractivity contribution < 1.29 is 4.74 Å². The van der Waals surface area contributed by atoms with E-state index in [9.17, 15) is 0 Å². The first kappa shape index (κ1) is 22.0. The van der Waals surface area contributed by atoms with Crippen molar-refractivity contribution in [2.75, 3.05) is 0 Å². The highest BCUT2D eigenvalue weighted by molar-refractivity contribution is 9.08. The Labute approximate surface area is 201 Å². The molecule has 0 heterocycles. The number of hydrogen-bond donors (Lipinski definition) is 0. The van der Waals surface area contributed by atoms with Crippen molar-refractivity contribution in [1.82, 2.24) is 0 Å². The number of rotatable bonds is 8. The van der Waals surface area contributed by atoms with Gasteiger partial charge >= 0.3 is 0 Å². The molecule has 0 amide bonds. The molecule has 1 nitrogen and oxygen atoms in total. The Bertz CT molecular complexity index is 1010. The molecule has 0 N–H and O–H groups in total. The van der Waals surface area contributed by atoms with Crippen LogP contribution in [0.5, 0.6) is 0 Å². The summed E-state index contributed by atoms with van der Waals surface area (Å²) in [5.74, 6) is 0. The summed E-state index contributed by atoms with van der Waals surface area (Å²) in [6.07, 6.45) is -0.382. The van der Waals surface area contributed by atoms with Gasteiger partial charge in [-0.2, -0.15) is 0 Å². The van der Waals surface area contributed by atoms with E-state index in [-0.39, 0.29) is 12.2 Å². The smallest absolute Gasteiger partial charge is 0.109 e. The maximum absolute atomic E-state index is 7.04. The van der Waals surface area contributed by atoms with Crippen LogP contribution >= 0.6 is 31.9 Å². The molecule has 0 aliphatic heterocycles. The molecule has 0 radical (unpaired) electrons. The van der Waals surface area contributed by atoms with E-state index in [0.29, 0.717) is 0 Å². The SMILES string of the molecule is BrCc1ccccc1C(OC(c1ccccc1)c1ccccc1CBr)c1ccccc1. The maximum atomic E-state index is 7.04. The predicted molar refractivity (Wildman–Crippen MR) is 136 cm³/mol. The van der Waals surface area contributed by atoms with E-state index in [1.165, 1.54) is 22.3 Å². The summed E-state index contributed by atoms with van der Waals surface area (Å²) in [7, 11) is 0. The minimum absolute atomic E-state index is 0.191. The topological polar surface area (TPSA) is 9.23 Å². The fraction of sp³-hybridized carbons (Fsp3) is 0.143. The van der Waals surface area contributed by atoms with Gasteiger partial charge < -0.3 is 4.74 Å². The summed E-state index contributed by atoms with van der Waals surface area (Å²) in [4.78, 5) is 0. The van der Waals surface area contributed by atoms with Crippen LogP contribution in [-0.2, 0) is 15.4 Å². The molecule has 2 atom stereocenters. The molecule has 0 fully saturated rings. The van der Waals surface area contributed by atoms with Crippen molar-refractivity contribution in [3.05, 3.63) is 143 Å². The number of benzene rings is 4. The molecule has 3 heteroatoms. The van der Waals surface area contributed by atoms with Crippen LogP contribution in [0.1, 0.15) is 45.6 Å². The van der Waals surface area contributed by atoms with Gasteiger partial charge in [0.15, 0.2) is 0 Å². The monoisotopic (exact) mass is 534 g/mol. The minimum Gasteiger partial charge on any atom is -0.356 e. The Morgan fingerprint density at radius 3 is 1.23 bits per heavy atom. The number of ether oxygens (including phenoxy) is 1. The molecular weight excluding hydrogens is 512 g/mol. The van der Waals surface area contributed by atoms with E-state index in [1.807, 2.05) is 12.1 Å². The van der Waals surface area contributed by atoms with Gasteiger partial charge in [-0.25, -0.2) is 0 Å². The number of halogens is 2. The fourth-order valence-electron chi connectivity index (χ4n) is 3.88. The number of alkyl halides is 2. The Morgan fingerprint density at radius 1 is 0.484 bits per heavy atom. The number of hydrogen-bond acceptors (Lipinski definition) is 1. The van der Waals surface area contributed by atoms with Crippen LogP contribution in [0.25, 0.3) is 0 Å². The van der Waals surface area contributed by atoms with Gasteiger partial charge in [-0.05, 0) is 33.4 Å². The molecule has 0 aromatic heterocycles. The predicted octanol–water partition coefficient (Wildman–Crippen LogP) is 8.37. The molecule has 0 aliphatic carbocycles. The van der Waals surface area contributed by atoms with Gasteiger partial charge in [0.05, 0.1) is 0 Å². The summed E-state index contributed by atoms with van der Waals surface area (Å²) in [5, 5.41) is 1.56. The quantitative estimate of drug-likeness (QED) is 0.206. The lowest BCUT2D eigenvalue weighted by Gasteiger charge is -2.29. The zero-order valence-electron chi connectivity index (χ0n) is 17.1. The molecule has 4 aromatic carbocycles. The van der Waals surface area contributed by atoms with Gasteiger partial charge in [0.1, 0.15) is 12.2 Å². The Balaban J connectivity index is 1.85. The summed E-state index contributed by atoms with van der Waals surface area (Å²) >= 11 is 7.33. The van der Waals surface area contributed by atoms with Crippen LogP contribution in [0.4, 0.5) is 0 Å². The zero-order chi connectivity index (χ0) is 21.5. The van der Waals surface area contributed by atoms with Crippen LogP contribution in [0.3, 0.4) is 0 Å². The van der Waals surface area contributed by atoms with Gasteiger partial charge in [-0.3, -0.25) is 0 Å². The van der Waals surface area contributed by atoms with Crippen molar-refractivity contribution in [2.45, 2.75) is 22.9 Å². The fourth-order valence-corrected chi connectivity index (χ4v) is 4.90. The van der Waals surface area contributed by atoms with Crippen LogP contribution in [-0.4, -0.2) is 0 Å². The first-order valence-corrected chi connectivity index (χ1v) is 12.6. The molecule has 0 bridgehead atoms. The lowest BCUT2D eigenvalue weighted by molar-refractivity contribution is 0.0301. The first-order chi connectivity index (χ1) is 15.3. The van der Waals surface area contributed by atoms with Gasteiger partial charge in [-0.15, -0.1) is 0 Å². The summed E-state index contributed by atoms with van der Waals surface area (Å²) in [6.45, 7) is 0. The highest BCUT2D eigenvalue weighted by Crippen LogP contribution is 2.38. The maximum Gasteiger partial charge on any atom is 0.109 e. The van der Waals surface area contributed by atoms with E-state index in [4.69, 9.17) is 4.74 Å². The molecule has 0 saturated heterocycles. The van der Waals surface area contributed by atoms with Gasteiger partial charge in [0, 0.05) is 10.7 Å². The third-order valence-electron chi connectivity index (χ3n) is 5.44.